The molecular weight excluding hydrogens is 351 g/mol. The minimum absolute atomic E-state index is 0.231. The molecule has 0 aliphatic heterocycles. The minimum atomic E-state index is -3.59. The quantitative estimate of drug-likeness (QED) is 0.682. The van der Waals surface area contributed by atoms with Crippen molar-refractivity contribution in [1.82, 2.24) is 9.71 Å². The van der Waals surface area contributed by atoms with Gasteiger partial charge in [0.25, 0.3) is 0 Å². The third-order valence-corrected chi connectivity index (χ3v) is 6.14. The van der Waals surface area contributed by atoms with Crippen molar-refractivity contribution in [3.05, 3.63) is 65.6 Å². The van der Waals surface area contributed by atoms with Crippen LogP contribution in [0.25, 0.3) is 10.9 Å². The van der Waals surface area contributed by atoms with E-state index in [0.29, 0.717) is 5.52 Å². The van der Waals surface area contributed by atoms with E-state index in [2.05, 4.69) is 9.71 Å². The van der Waals surface area contributed by atoms with Crippen molar-refractivity contribution in [3.63, 3.8) is 0 Å². The number of fused-ring (bicyclic) bond motifs is 1. The Morgan fingerprint density at radius 1 is 1.12 bits per heavy atom. The molecule has 0 saturated heterocycles. The number of rotatable bonds is 6. The van der Waals surface area contributed by atoms with Gasteiger partial charge in [0.05, 0.1) is 4.90 Å². The lowest BCUT2D eigenvalue weighted by atomic mass is 9.85. The van der Waals surface area contributed by atoms with Crippen LogP contribution < -0.4 is 4.72 Å². The normalized spacial score (nSPS) is 12.6. The molecule has 26 heavy (non-hydrogen) atoms. The molecule has 0 aliphatic carbocycles. The lowest BCUT2D eigenvalue weighted by Gasteiger charge is -2.25. The van der Waals surface area contributed by atoms with Crippen molar-refractivity contribution in [1.29, 1.82) is 0 Å². The van der Waals surface area contributed by atoms with Crippen molar-refractivity contribution in [3.8, 4) is 0 Å². The molecule has 138 valence electrons. The molecule has 2 aromatic carbocycles. The van der Waals surface area contributed by atoms with Crippen LogP contribution in [0.15, 0.2) is 53.6 Å². The van der Waals surface area contributed by atoms with Crippen molar-refractivity contribution in [2.45, 2.75) is 37.5 Å². The standard InChI is InChI=1S/C20H23FN2O2S/c1-4-14-5-8-16(9-6-14)26(24,25)23-13-20(2,3)18-12-22-19-11-15(21)7-10-17(18)19/h5-12,22-23H,4,13H2,1-3H3. The van der Waals surface area contributed by atoms with Crippen LogP contribution in [-0.2, 0) is 21.9 Å². The molecule has 0 aliphatic rings. The lowest BCUT2D eigenvalue weighted by Crippen LogP contribution is -2.36. The van der Waals surface area contributed by atoms with E-state index in [1.807, 2.05) is 39.1 Å². The number of hydrogen-bond acceptors (Lipinski definition) is 2. The van der Waals surface area contributed by atoms with Crippen LogP contribution in [0.3, 0.4) is 0 Å². The predicted octanol–water partition coefficient (Wildman–Crippen LogP) is 4.13. The molecule has 4 nitrogen and oxygen atoms in total. The molecule has 0 bridgehead atoms. The number of nitrogens with one attached hydrogen (secondary N) is 2. The zero-order valence-corrected chi connectivity index (χ0v) is 16.0. The molecule has 0 fully saturated rings. The monoisotopic (exact) mass is 374 g/mol. The molecule has 1 heterocycles. The fraction of sp³-hybridized carbons (Fsp3) is 0.300. The van der Waals surface area contributed by atoms with Crippen molar-refractivity contribution < 1.29 is 12.8 Å². The molecule has 0 radical (unpaired) electrons. The zero-order valence-electron chi connectivity index (χ0n) is 15.1. The number of sulfonamides is 1. The van der Waals surface area contributed by atoms with Gasteiger partial charge < -0.3 is 4.98 Å². The van der Waals surface area contributed by atoms with Crippen LogP contribution >= 0.6 is 0 Å². The number of H-pyrrole nitrogens is 1. The van der Waals surface area contributed by atoms with Gasteiger partial charge >= 0.3 is 0 Å². The molecule has 0 atom stereocenters. The Balaban J connectivity index is 1.82. The number of aryl methyl sites for hydroxylation is 1. The second-order valence-electron chi connectivity index (χ2n) is 7.10. The average molecular weight is 374 g/mol. The Labute approximate surface area is 153 Å². The molecule has 3 aromatic rings. The highest BCUT2D eigenvalue weighted by Gasteiger charge is 2.27. The lowest BCUT2D eigenvalue weighted by molar-refractivity contribution is 0.504. The first kappa shape index (κ1) is 18.6. The minimum Gasteiger partial charge on any atom is -0.361 e. The molecule has 0 saturated carbocycles. The number of benzene rings is 2. The van der Waals surface area contributed by atoms with E-state index in [0.717, 1.165) is 22.9 Å². The Morgan fingerprint density at radius 2 is 1.81 bits per heavy atom. The Hall–Kier alpha value is -2.18. The molecule has 2 N–H and O–H groups in total. The maximum absolute atomic E-state index is 13.4. The van der Waals surface area contributed by atoms with Gasteiger partial charge in [-0.1, -0.05) is 32.9 Å². The molecule has 0 unspecified atom stereocenters. The fourth-order valence-electron chi connectivity index (χ4n) is 3.02. The van der Waals surface area contributed by atoms with E-state index >= 15 is 0 Å². The Morgan fingerprint density at radius 3 is 2.46 bits per heavy atom. The largest absolute Gasteiger partial charge is 0.361 e. The average Bonchev–Trinajstić information content (AvgIpc) is 3.04. The van der Waals surface area contributed by atoms with Crippen molar-refractivity contribution >= 4 is 20.9 Å². The SMILES string of the molecule is CCc1ccc(S(=O)(=O)NCC(C)(C)c2c[nH]c3cc(F)ccc23)cc1. The van der Waals surface area contributed by atoms with Crippen LogP contribution in [0.4, 0.5) is 4.39 Å². The molecular formula is C20H23FN2O2S. The summed E-state index contributed by atoms with van der Waals surface area (Å²) in [5, 5.41) is 0.892. The van der Waals surface area contributed by atoms with E-state index in [9.17, 15) is 12.8 Å². The molecule has 0 spiro atoms. The van der Waals surface area contributed by atoms with E-state index in [1.165, 1.54) is 12.1 Å². The van der Waals surface area contributed by atoms with Gasteiger partial charge in [-0.2, -0.15) is 0 Å². The highest BCUT2D eigenvalue weighted by atomic mass is 32.2. The molecule has 1 aromatic heterocycles. The first-order valence-corrected chi connectivity index (χ1v) is 10.1. The van der Waals surface area contributed by atoms with E-state index in [4.69, 9.17) is 0 Å². The van der Waals surface area contributed by atoms with Crippen LogP contribution in [-0.4, -0.2) is 19.9 Å². The summed E-state index contributed by atoms with van der Waals surface area (Å²) in [6.45, 7) is 6.18. The smallest absolute Gasteiger partial charge is 0.240 e. The Bertz CT molecular complexity index is 1020. The third-order valence-electron chi connectivity index (χ3n) is 4.72. The van der Waals surface area contributed by atoms with Gasteiger partial charge in [-0.05, 0) is 47.9 Å². The summed E-state index contributed by atoms with van der Waals surface area (Å²) >= 11 is 0. The number of aromatic nitrogens is 1. The van der Waals surface area contributed by atoms with Crippen LogP contribution in [0.1, 0.15) is 31.9 Å². The number of halogens is 1. The highest BCUT2D eigenvalue weighted by Crippen LogP contribution is 2.30. The summed E-state index contributed by atoms with van der Waals surface area (Å²) in [7, 11) is -3.59. The van der Waals surface area contributed by atoms with Crippen LogP contribution in [0, 0.1) is 5.82 Å². The summed E-state index contributed by atoms with van der Waals surface area (Å²) in [6, 6.07) is 11.5. The van der Waals surface area contributed by atoms with Gasteiger partial charge in [0, 0.05) is 29.1 Å². The fourth-order valence-corrected chi connectivity index (χ4v) is 4.23. The second-order valence-corrected chi connectivity index (χ2v) is 8.87. The summed E-state index contributed by atoms with van der Waals surface area (Å²) in [5.41, 5.74) is 2.27. The molecule has 3 rings (SSSR count). The van der Waals surface area contributed by atoms with Gasteiger partial charge in [-0.25, -0.2) is 17.5 Å². The second kappa shape index (κ2) is 6.85. The highest BCUT2D eigenvalue weighted by molar-refractivity contribution is 7.89. The van der Waals surface area contributed by atoms with Gasteiger partial charge in [0.1, 0.15) is 5.82 Å². The van der Waals surface area contributed by atoms with Gasteiger partial charge in [0.15, 0.2) is 0 Å². The van der Waals surface area contributed by atoms with E-state index in [1.54, 1.807) is 18.2 Å². The Kier molecular flexibility index (Phi) is 4.90. The maximum atomic E-state index is 13.4. The first-order chi connectivity index (χ1) is 12.2. The third kappa shape index (κ3) is 3.66. The van der Waals surface area contributed by atoms with E-state index < -0.39 is 15.4 Å². The zero-order chi connectivity index (χ0) is 18.9. The predicted molar refractivity (Wildman–Crippen MR) is 102 cm³/mol. The topological polar surface area (TPSA) is 62.0 Å². The van der Waals surface area contributed by atoms with Gasteiger partial charge in [0.2, 0.25) is 10.0 Å². The summed E-state index contributed by atoms with van der Waals surface area (Å²) in [6.07, 6.45) is 2.68. The summed E-state index contributed by atoms with van der Waals surface area (Å²) in [4.78, 5) is 3.32. The van der Waals surface area contributed by atoms with Crippen LogP contribution in [0.2, 0.25) is 0 Å². The van der Waals surface area contributed by atoms with Crippen molar-refractivity contribution in [2.24, 2.45) is 0 Å². The molecule has 0 amide bonds. The maximum Gasteiger partial charge on any atom is 0.240 e. The number of hydrogen-bond donors (Lipinski definition) is 2. The first-order valence-electron chi connectivity index (χ1n) is 8.59. The van der Waals surface area contributed by atoms with Crippen LogP contribution in [0.5, 0.6) is 0 Å². The summed E-state index contributed by atoms with van der Waals surface area (Å²) in [5.74, 6) is -0.306. The van der Waals surface area contributed by atoms with E-state index in [-0.39, 0.29) is 17.3 Å². The van der Waals surface area contributed by atoms with Crippen molar-refractivity contribution in [2.75, 3.05) is 6.54 Å². The van der Waals surface area contributed by atoms with Gasteiger partial charge in [-0.3, -0.25) is 0 Å². The molecule has 6 heteroatoms. The number of aromatic amines is 1. The summed E-state index contributed by atoms with van der Waals surface area (Å²) < 4.78 is 41.3. The van der Waals surface area contributed by atoms with Gasteiger partial charge in [-0.15, -0.1) is 0 Å².